The Morgan fingerprint density at radius 3 is 2.50 bits per heavy atom. The second-order valence-corrected chi connectivity index (χ2v) is 6.55. The third-order valence-corrected chi connectivity index (χ3v) is 4.97. The molecule has 7 heteroatoms. The van der Waals surface area contributed by atoms with Crippen LogP contribution in [0.5, 0.6) is 0 Å². The maximum Gasteiger partial charge on any atom is 0.262 e. The highest BCUT2D eigenvalue weighted by Gasteiger charge is 2.19. The van der Waals surface area contributed by atoms with Crippen molar-refractivity contribution in [1.29, 1.82) is 0 Å². The number of nitrogens with one attached hydrogen (secondary N) is 1. The summed E-state index contributed by atoms with van der Waals surface area (Å²) in [6.45, 7) is 1.51. The average Bonchev–Trinajstić information content (AvgIpc) is 2.34. The van der Waals surface area contributed by atoms with Crippen LogP contribution in [-0.2, 0) is 10.0 Å². The summed E-state index contributed by atoms with van der Waals surface area (Å²) in [5.74, 6) is -0.498. The number of hydrogen-bond donors (Lipinski definition) is 1. The normalized spacial score (nSPS) is 11.4. The van der Waals surface area contributed by atoms with E-state index in [-0.39, 0.29) is 20.6 Å². The smallest absolute Gasteiger partial charge is 0.262 e. The van der Waals surface area contributed by atoms with Crippen molar-refractivity contribution in [2.24, 2.45) is 0 Å². The summed E-state index contributed by atoms with van der Waals surface area (Å²) >= 11 is 11.8. The highest BCUT2D eigenvalue weighted by Crippen LogP contribution is 2.31. The molecule has 0 aliphatic heterocycles. The van der Waals surface area contributed by atoms with Crippen molar-refractivity contribution in [3.63, 3.8) is 0 Å². The molecule has 0 unspecified atom stereocenters. The average molecular weight is 334 g/mol. The van der Waals surface area contributed by atoms with Crippen molar-refractivity contribution in [1.82, 2.24) is 0 Å². The van der Waals surface area contributed by atoms with E-state index in [2.05, 4.69) is 4.72 Å². The second kappa shape index (κ2) is 5.60. The van der Waals surface area contributed by atoms with Gasteiger partial charge in [-0.05, 0) is 42.8 Å². The van der Waals surface area contributed by atoms with Crippen LogP contribution in [0.3, 0.4) is 0 Å². The first-order valence-corrected chi connectivity index (χ1v) is 7.78. The molecule has 2 rings (SSSR count). The van der Waals surface area contributed by atoms with Crippen LogP contribution >= 0.6 is 23.2 Å². The van der Waals surface area contributed by atoms with Gasteiger partial charge < -0.3 is 0 Å². The first kappa shape index (κ1) is 15.1. The predicted molar refractivity (Wildman–Crippen MR) is 78.4 cm³/mol. The van der Waals surface area contributed by atoms with E-state index in [1.54, 1.807) is 12.1 Å². The summed E-state index contributed by atoms with van der Waals surface area (Å²) < 4.78 is 39.9. The molecule has 0 aliphatic carbocycles. The van der Waals surface area contributed by atoms with Crippen LogP contribution < -0.4 is 4.72 Å². The molecule has 0 saturated carbocycles. The van der Waals surface area contributed by atoms with E-state index < -0.39 is 15.8 Å². The molecular formula is C13H10Cl2FNO2S. The molecule has 106 valence electrons. The fraction of sp³-hybridized carbons (Fsp3) is 0.0769. The van der Waals surface area contributed by atoms with Crippen molar-refractivity contribution in [2.75, 3.05) is 4.72 Å². The lowest BCUT2D eigenvalue weighted by molar-refractivity contribution is 0.598. The van der Waals surface area contributed by atoms with Crippen LogP contribution in [0.15, 0.2) is 41.3 Å². The zero-order valence-corrected chi connectivity index (χ0v) is 12.7. The summed E-state index contributed by atoms with van der Waals surface area (Å²) in [5.41, 5.74) is 0.471. The molecule has 2 aromatic rings. The van der Waals surface area contributed by atoms with E-state index in [0.29, 0.717) is 5.56 Å². The van der Waals surface area contributed by atoms with E-state index in [4.69, 9.17) is 23.2 Å². The van der Waals surface area contributed by atoms with Gasteiger partial charge in [-0.1, -0.05) is 29.3 Å². The molecular weight excluding hydrogens is 324 g/mol. The topological polar surface area (TPSA) is 46.2 Å². The summed E-state index contributed by atoms with van der Waals surface area (Å²) in [5, 5.41) is 0.347. The fourth-order valence-electron chi connectivity index (χ4n) is 1.70. The molecule has 20 heavy (non-hydrogen) atoms. The van der Waals surface area contributed by atoms with E-state index >= 15 is 0 Å². The van der Waals surface area contributed by atoms with Crippen LogP contribution in [0.2, 0.25) is 10.0 Å². The first-order valence-electron chi connectivity index (χ1n) is 5.54. The molecule has 0 amide bonds. The largest absolute Gasteiger partial charge is 0.278 e. The van der Waals surface area contributed by atoms with Crippen LogP contribution in [-0.4, -0.2) is 8.42 Å². The molecule has 0 bridgehead atoms. The maximum absolute atomic E-state index is 13.0. The van der Waals surface area contributed by atoms with Crippen molar-refractivity contribution >= 4 is 38.9 Å². The predicted octanol–water partition coefficient (Wildman–Crippen LogP) is 4.24. The molecule has 0 aromatic heterocycles. The molecule has 0 fully saturated rings. The Morgan fingerprint density at radius 1 is 1.15 bits per heavy atom. The van der Waals surface area contributed by atoms with Crippen molar-refractivity contribution in [2.45, 2.75) is 11.8 Å². The number of aryl methyl sites for hydroxylation is 1. The molecule has 0 aliphatic rings. The number of benzene rings is 2. The molecule has 2 aromatic carbocycles. The van der Waals surface area contributed by atoms with Gasteiger partial charge in [0.25, 0.3) is 10.0 Å². The Labute approximate surface area is 126 Å². The minimum atomic E-state index is -3.86. The monoisotopic (exact) mass is 333 g/mol. The lowest BCUT2D eigenvalue weighted by Gasteiger charge is -2.12. The van der Waals surface area contributed by atoms with Crippen LogP contribution in [0.4, 0.5) is 10.1 Å². The molecule has 1 N–H and O–H groups in total. The molecule has 0 radical (unpaired) electrons. The van der Waals surface area contributed by atoms with Crippen LogP contribution in [0.25, 0.3) is 0 Å². The van der Waals surface area contributed by atoms with Crippen molar-refractivity contribution < 1.29 is 12.8 Å². The fourth-order valence-corrected chi connectivity index (χ4v) is 3.40. The highest BCUT2D eigenvalue weighted by atomic mass is 35.5. The van der Waals surface area contributed by atoms with Crippen LogP contribution in [0.1, 0.15) is 5.56 Å². The van der Waals surface area contributed by atoms with Gasteiger partial charge in [-0.25, -0.2) is 12.8 Å². The Balaban J connectivity index is 2.44. The zero-order chi connectivity index (χ0) is 14.9. The highest BCUT2D eigenvalue weighted by molar-refractivity contribution is 7.92. The summed E-state index contributed by atoms with van der Waals surface area (Å²) in [4.78, 5) is -0.0186. The van der Waals surface area contributed by atoms with Gasteiger partial charge in [0, 0.05) is 0 Å². The van der Waals surface area contributed by atoms with Gasteiger partial charge in [-0.15, -0.1) is 0 Å². The molecule has 0 spiro atoms. The Hall–Kier alpha value is -1.30. The molecule has 0 atom stereocenters. The molecule has 3 nitrogen and oxygen atoms in total. The lowest BCUT2D eigenvalue weighted by Crippen LogP contribution is -2.14. The Kier molecular flexibility index (Phi) is 4.22. The Bertz CT molecular complexity index is 763. The van der Waals surface area contributed by atoms with Gasteiger partial charge in [-0.3, -0.25) is 4.72 Å². The number of halogens is 3. The van der Waals surface area contributed by atoms with E-state index in [9.17, 15) is 12.8 Å². The first-order chi connectivity index (χ1) is 9.31. The maximum atomic E-state index is 13.0. The van der Waals surface area contributed by atoms with Gasteiger partial charge in [0.15, 0.2) is 0 Å². The number of hydrogen-bond acceptors (Lipinski definition) is 2. The lowest BCUT2D eigenvalue weighted by atomic mass is 10.2. The zero-order valence-electron chi connectivity index (χ0n) is 10.3. The summed E-state index contributed by atoms with van der Waals surface area (Å²) in [7, 11) is -3.86. The summed E-state index contributed by atoms with van der Waals surface area (Å²) in [6, 6.07) is 8.04. The molecule has 0 heterocycles. The van der Waals surface area contributed by atoms with Gasteiger partial charge in [0.1, 0.15) is 5.82 Å². The minimum Gasteiger partial charge on any atom is -0.278 e. The van der Waals surface area contributed by atoms with Crippen LogP contribution in [0, 0.1) is 12.7 Å². The van der Waals surface area contributed by atoms with Crippen molar-refractivity contribution in [3.8, 4) is 0 Å². The van der Waals surface area contributed by atoms with E-state index in [1.807, 2.05) is 0 Å². The van der Waals surface area contributed by atoms with Gasteiger partial charge in [-0.2, -0.15) is 0 Å². The van der Waals surface area contributed by atoms with E-state index in [0.717, 1.165) is 12.1 Å². The quantitative estimate of drug-likeness (QED) is 0.912. The summed E-state index contributed by atoms with van der Waals surface area (Å²) in [6.07, 6.45) is 0. The van der Waals surface area contributed by atoms with Gasteiger partial charge in [0.05, 0.1) is 20.6 Å². The number of anilines is 1. The van der Waals surface area contributed by atoms with Gasteiger partial charge >= 0.3 is 0 Å². The second-order valence-electron chi connectivity index (χ2n) is 4.12. The number of sulfonamides is 1. The third kappa shape index (κ3) is 3.06. The Morgan fingerprint density at radius 2 is 1.85 bits per heavy atom. The third-order valence-electron chi connectivity index (χ3n) is 2.62. The minimum absolute atomic E-state index is 0.0186. The van der Waals surface area contributed by atoms with Crippen molar-refractivity contribution in [3.05, 3.63) is 57.8 Å². The SMILES string of the molecule is Cc1cc(F)ccc1S(=O)(=O)Nc1cccc(Cl)c1Cl. The van der Waals surface area contributed by atoms with Gasteiger partial charge in [0.2, 0.25) is 0 Å². The standard InChI is InChI=1S/C13H10Cl2FNO2S/c1-8-7-9(16)5-6-12(8)20(18,19)17-11-4-2-3-10(14)13(11)15/h2-7,17H,1H3. The van der Waals surface area contributed by atoms with E-state index in [1.165, 1.54) is 19.1 Å². The molecule has 0 saturated heterocycles. The number of rotatable bonds is 3.